The van der Waals surface area contributed by atoms with Crippen LogP contribution in [0, 0.1) is 12.7 Å². The smallest absolute Gasteiger partial charge is 0.265 e. The first-order valence-corrected chi connectivity index (χ1v) is 9.93. The number of hydrogen-bond donors (Lipinski definition) is 2. The Hall–Kier alpha value is -4.27. The fourth-order valence-electron chi connectivity index (χ4n) is 2.95. The highest BCUT2D eigenvalue weighted by Gasteiger charge is 2.16. The van der Waals surface area contributed by atoms with Crippen molar-refractivity contribution < 1.29 is 13.9 Å². The van der Waals surface area contributed by atoms with Crippen LogP contribution in [0.4, 0.5) is 21.6 Å². The van der Waals surface area contributed by atoms with Crippen LogP contribution in [-0.4, -0.2) is 31.8 Å². The molecule has 0 aliphatic heterocycles. The first-order chi connectivity index (χ1) is 15.5. The van der Waals surface area contributed by atoms with Gasteiger partial charge in [0.05, 0.1) is 0 Å². The van der Waals surface area contributed by atoms with E-state index in [9.17, 15) is 9.18 Å². The number of aromatic nitrogens is 4. The molecular formula is C23H21FN6O2. The van der Waals surface area contributed by atoms with Gasteiger partial charge in [0.1, 0.15) is 11.6 Å². The van der Waals surface area contributed by atoms with Gasteiger partial charge in [-0.1, -0.05) is 12.1 Å². The van der Waals surface area contributed by atoms with Crippen molar-refractivity contribution >= 4 is 23.1 Å². The average Bonchev–Trinajstić information content (AvgIpc) is 3.31. The minimum atomic E-state index is -0.866. The van der Waals surface area contributed by atoms with Crippen LogP contribution < -0.4 is 15.4 Å². The van der Waals surface area contributed by atoms with Crippen molar-refractivity contribution in [2.45, 2.75) is 20.0 Å². The van der Waals surface area contributed by atoms with Gasteiger partial charge in [-0.2, -0.15) is 5.10 Å². The summed E-state index contributed by atoms with van der Waals surface area (Å²) in [5.41, 5.74) is 1.36. The second-order valence-corrected chi connectivity index (χ2v) is 6.99. The lowest BCUT2D eigenvalue weighted by atomic mass is 10.2. The molecule has 2 N–H and O–H groups in total. The van der Waals surface area contributed by atoms with Gasteiger partial charge < -0.3 is 15.4 Å². The van der Waals surface area contributed by atoms with Crippen LogP contribution in [0.15, 0.2) is 73.1 Å². The molecule has 0 bridgehead atoms. The van der Waals surface area contributed by atoms with E-state index in [0.29, 0.717) is 23.1 Å². The number of rotatable bonds is 7. The van der Waals surface area contributed by atoms with E-state index >= 15 is 0 Å². The first-order valence-electron chi connectivity index (χ1n) is 9.93. The van der Waals surface area contributed by atoms with E-state index in [1.54, 1.807) is 61.3 Å². The summed E-state index contributed by atoms with van der Waals surface area (Å²) in [5, 5.41) is 10.2. The van der Waals surface area contributed by atoms with Gasteiger partial charge in [-0.15, -0.1) is 0 Å². The van der Waals surface area contributed by atoms with Crippen molar-refractivity contribution in [3.05, 3.63) is 84.7 Å². The van der Waals surface area contributed by atoms with Gasteiger partial charge in [0.2, 0.25) is 0 Å². The van der Waals surface area contributed by atoms with Gasteiger partial charge >= 0.3 is 0 Å². The van der Waals surface area contributed by atoms with Crippen LogP contribution in [0.5, 0.6) is 5.75 Å². The number of aryl methyl sites for hydroxylation is 1. The molecule has 9 heteroatoms. The SMILES string of the molecule is Cc1nc(Nc2ccc(NC(=O)[C@H](C)Oc3ccccc3F)cc2)cc(-n2cccn2)n1. The van der Waals surface area contributed by atoms with Crippen LogP contribution in [0.2, 0.25) is 0 Å². The number of nitrogens with zero attached hydrogens (tertiary/aromatic N) is 4. The largest absolute Gasteiger partial charge is 0.478 e. The van der Waals surface area contributed by atoms with E-state index in [2.05, 4.69) is 25.7 Å². The molecule has 2 aromatic carbocycles. The molecule has 32 heavy (non-hydrogen) atoms. The minimum Gasteiger partial charge on any atom is -0.478 e. The fraction of sp³-hybridized carbons (Fsp3) is 0.130. The molecule has 0 saturated carbocycles. The van der Waals surface area contributed by atoms with Crippen molar-refractivity contribution in [2.75, 3.05) is 10.6 Å². The van der Waals surface area contributed by atoms with Gasteiger partial charge in [0.25, 0.3) is 5.91 Å². The zero-order valence-corrected chi connectivity index (χ0v) is 17.5. The molecule has 2 aromatic heterocycles. The molecule has 0 saturated heterocycles. The number of carbonyl (C=O) groups excluding carboxylic acids is 1. The molecule has 162 valence electrons. The highest BCUT2D eigenvalue weighted by atomic mass is 19.1. The Morgan fingerprint density at radius 1 is 1.06 bits per heavy atom. The summed E-state index contributed by atoms with van der Waals surface area (Å²) in [6, 6.07) is 16.7. The van der Waals surface area contributed by atoms with E-state index in [4.69, 9.17) is 4.74 Å². The van der Waals surface area contributed by atoms with Crippen molar-refractivity contribution in [1.82, 2.24) is 19.7 Å². The number of ether oxygens (including phenoxy) is 1. The quantitative estimate of drug-likeness (QED) is 0.453. The number of halogens is 1. The molecule has 4 rings (SSSR count). The van der Waals surface area contributed by atoms with Crippen molar-refractivity contribution in [2.24, 2.45) is 0 Å². The zero-order chi connectivity index (χ0) is 22.5. The maximum atomic E-state index is 13.7. The maximum absolute atomic E-state index is 13.7. The number of carbonyl (C=O) groups is 1. The third-order valence-electron chi connectivity index (χ3n) is 4.50. The maximum Gasteiger partial charge on any atom is 0.265 e. The fourth-order valence-corrected chi connectivity index (χ4v) is 2.95. The molecule has 1 amide bonds. The Bertz CT molecular complexity index is 1210. The highest BCUT2D eigenvalue weighted by Crippen LogP contribution is 2.21. The van der Waals surface area contributed by atoms with Crippen molar-refractivity contribution in [1.29, 1.82) is 0 Å². The van der Waals surface area contributed by atoms with Gasteiger partial charge in [-0.25, -0.2) is 19.0 Å². The van der Waals surface area contributed by atoms with Gasteiger partial charge in [-0.05, 0) is 56.3 Å². The number of benzene rings is 2. The molecule has 0 aliphatic carbocycles. The molecule has 2 heterocycles. The minimum absolute atomic E-state index is 0.0318. The number of anilines is 3. The van der Waals surface area contributed by atoms with E-state index in [1.807, 2.05) is 18.2 Å². The van der Waals surface area contributed by atoms with Gasteiger partial charge in [0.15, 0.2) is 23.5 Å². The summed E-state index contributed by atoms with van der Waals surface area (Å²) in [4.78, 5) is 21.2. The highest BCUT2D eigenvalue weighted by molar-refractivity contribution is 5.94. The topological polar surface area (TPSA) is 94.0 Å². The van der Waals surface area contributed by atoms with E-state index in [0.717, 1.165) is 5.69 Å². The Labute approximate surface area is 184 Å². The monoisotopic (exact) mass is 432 g/mol. The molecule has 0 spiro atoms. The summed E-state index contributed by atoms with van der Waals surface area (Å²) in [5.74, 6) is 1.00. The lowest BCUT2D eigenvalue weighted by Gasteiger charge is -2.15. The lowest BCUT2D eigenvalue weighted by molar-refractivity contribution is -0.122. The second-order valence-electron chi connectivity index (χ2n) is 6.99. The van der Waals surface area contributed by atoms with Crippen LogP contribution in [0.25, 0.3) is 5.82 Å². The summed E-state index contributed by atoms with van der Waals surface area (Å²) < 4.78 is 20.8. The Morgan fingerprint density at radius 3 is 2.53 bits per heavy atom. The Kier molecular flexibility index (Phi) is 6.07. The predicted octanol–water partition coefficient (Wildman–Crippen LogP) is 4.26. The van der Waals surface area contributed by atoms with Crippen molar-refractivity contribution in [3.63, 3.8) is 0 Å². The predicted molar refractivity (Wildman–Crippen MR) is 119 cm³/mol. The third kappa shape index (κ3) is 5.07. The molecule has 0 aliphatic rings. The number of amides is 1. The molecule has 4 aromatic rings. The van der Waals surface area contributed by atoms with Crippen molar-refractivity contribution in [3.8, 4) is 11.6 Å². The normalized spacial score (nSPS) is 11.6. The van der Waals surface area contributed by atoms with E-state index < -0.39 is 11.9 Å². The number of nitrogens with one attached hydrogen (secondary N) is 2. The molecule has 0 radical (unpaired) electrons. The molecular weight excluding hydrogens is 411 g/mol. The lowest BCUT2D eigenvalue weighted by Crippen LogP contribution is -2.30. The van der Waals surface area contributed by atoms with E-state index in [1.165, 1.54) is 12.1 Å². The second kappa shape index (κ2) is 9.25. The Morgan fingerprint density at radius 2 is 1.81 bits per heavy atom. The zero-order valence-electron chi connectivity index (χ0n) is 17.5. The van der Waals surface area contributed by atoms with Crippen LogP contribution in [0.3, 0.4) is 0 Å². The standard InChI is InChI=1S/C23H21FN6O2/c1-15(32-20-7-4-3-6-19(20)24)23(31)29-18-10-8-17(9-11-18)28-21-14-22(27-16(2)26-21)30-13-5-12-25-30/h3-15H,1-2H3,(H,29,31)(H,26,27,28)/t15-/m0/s1. The summed E-state index contributed by atoms with van der Waals surface area (Å²) in [7, 11) is 0. The molecule has 0 fully saturated rings. The summed E-state index contributed by atoms with van der Waals surface area (Å²) in [6.45, 7) is 3.37. The summed E-state index contributed by atoms with van der Waals surface area (Å²) >= 11 is 0. The Balaban J connectivity index is 1.39. The third-order valence-corrected chi connectivity index (χ3v) is 4.50. The first kappa shape index (κ1) is 21.0. The number of hydrogen-bond acceptors (Lipinski definition) is 6. The summed E-state index contributed by atoms with van der Waals surface area (Å²) in [6.07, 6.45) is 2.62. The average molecular weight is 432 g/mol. The molecule has 8 nitrogen and oxygen atoms in total. The van der Waals surface area contributed by atoms with E-state index in [-0.39, 0.29) is 11.7 Å². The molecule has 1 atom stereocenters. The molecule has 0 unspecified atom stereocenters. The van der Waals surface area contributed by atoms with Crippen LogP contribution in [-0.2, 0) is 4.79 Å². The number of para-hydroxylation sites is 1. The van der Waals surface area contributed by atoms with Gasteiger partial charge in [0, 0.05) is 29.8 Å². The van der Waals surface area contributed by atoms with Gasteiger partial charge in [-0.3, -0.25) is 4.79 Å². The van der Waals surface area contributed by atoms with Crippen LogP contribution in [0.1, 0.15) is 12.7 Å². The van der Waals surface area contributed by atoms with Crippen LogP contribution >= 0.6 is 0 Å².